The molecule has 5 N–H and O–H groups in total. The first kappa shape index (κ1) is 17.3. The molecule has 2 fully saturated rings. The van der Waals surface area contributed by atoms with Crippen LogP contribution in [0.4, 0.5) is 0 Å². The van der Waals surface area contributed by atoms with E-state index in [2.05, 4.69) is 15.2 Å². The van der Waals surface area contributed by atoms with E-state index in [0.29, 0.717) is 12.2 Å². The zero-order valence-electron chi connectivity index (χ0n) is 16.0. The van der Waals surface area contributed by atoms with E-state index in [4.69, 9.17) is 5.73 Å². The summed E-state index contributed by atoms with van der Waals surface area (Å²) < 4.78 is 0. The molecule has 0 aromatic carbocycles. The van der Waals surface area contributed by atoms with Crippen molar-refractivity contribution in [2.45, 2.75) is 42.8 Å². The predicted octanol–water partition coefficient (Wildman–Crippen LogP) is 0.468. The number of nitrogens with one attached hydrogen (secondary N) is 2. The second-order valence-corrected chi connectivity index (χ2v) is 10.4. The lowest BCUT2D eigenvalue weighted by molar-refractivity contribution is -0.140. The molecule has 0 radical (unpaired) electrons. The van der Waals surface area contributed by atoms with Crippen molar-refractivity contribution in [3.63, 3.8) is 0 Å². The number of aliphatic carboxylic acids is 1. The third-order valence-corrected chi connectivity index (χ3v) is 9.27. The molecule has 2 saturated heterocycles. The Morgan fingerprint density at radius 2 is 2.27 bits per heavy atom. The number of hydrogen-bond donors (Lipinski definition) is 4. The van der Waals surface area contributed by atoms with Gasteiger partial charge in [-0.05, 0) is 36.5 Å². The summed E-state index contributed by atoms with van der Waals surface area (Å²) in [7, 11) is 0. The molecule has 6 aliphatic rings. The summed E-state index contributed by atoms with van der Waals surface area (Å²) in [5.74, 6) is -1.23. The van der Waals surface area contributed by atoms with E-state index in [0.717, 1.165) is 40.1 Å². The number of Topliss-reactive ketones (excluding diaryl/α,β-unsaturated/α-hetero) is 1. The van der Waals surface area contributed by atoms with Crippen LogP contribution in [-0.4, -0.2) is 62.6 Å². The maximum atomic E-state index is 13.5. The fourth-order valence-corrected chi connectivity index (χ4v) is 8.50. The number of carbonyl (C=O) groups is 3. The Labute approximate surface area is 175 Å². The van der Waals surface area contributed by atoms with Crippen molar-refractivity contribution in [3.8, 4) is 0 Å². The van der Waals surface area contributed by atoms with Crippen LogP contribution < -0.4 is 11.1 Å². The normalized spacial score (nSPS) is 38.0. The highest BCUT2D eigenvalue weighted by atomic mass is 32.2. The number of rotatable bonds is 3. The molecule has 2 aliphatic carbocycles. The van der Waals surface area contributed by atoms with Crippen LogP contribution in [0.1, 0.15) is 34.5 Å². The Balaban J connectivity index is 1.55. The smallest absolute Gasteiger partial charge is 0.320 e. The van der Waals surface area contributed by atoms with Crippen LogP contribution in [0.15, 0.2) is 22.8 Å². The molecule has 8 nitrogen and oxygen atoms in total. The van der Waals surface area contributed by atoms with Gasteiger partial charge in [-0.25, -0.2) is 0 Å². The summed E-state index contributed by atoms with van der Waals surface area (Å²) in [5, 5.41) is 13.1. The molecule has 3 bridgehead atoms. The van der Waals surface area contributed by atoms with Crippen LogP contribution in [0.5, 0.6) is 0 Å². The maximum Gasteiger partial charge on any atom is 0.320 e. The molecule has 0 amide bonds. The number of ketones is 2. The monoisotopic (exact) mass is 424 g/mol. The molecule has 0 unspecified atom stereocenters. The van der Waals surface area contributed by atoms with Gasteiger partial charge in [0.2, 0.25) is 5.78 Å². The van der Waals surface area contributed by atoms with Crippen molar-refractivity contribution in [1.29, 1.82) is 0 Å². The van der Waals surface area contributed by atoms with E-state index in [9.17, 15) is 19.5 Å². The number of H-pyrrole nitrogens is 1. The topological polar surface area (TPSA) is 129 Å². The van der Waals surface area contributed by atoms with Gasteiger partial charge in [-0.15, -0.1) is 11.8 Å². The number of carbonyl (C=O) groups excluding carboxylic acids is 2. The molecule has 0 saturated carbocycles. The molecule has 9 heteroatoms. The Bertz CT molecular complexity index is 1150. The van der Waals surface area contributed by atoms with Gasteiger partial charge < -0.3 is 20.7 Å². The number of carboxylic acid groups (broad SMARTS) is 1. The highest BCUT2D eigenvalue weighted by molar-refractivity contribution is 8.04. The van der Waals surface area contributed by atoms with Crippen molar-refractivity contribution in [1.82, 2.24) is 15.2 Å². The molecule has 30 heavy (non-hydrogen) atoms. The van der Waals surface area contributed by atoms with Crippen LogP contribution >= 0.6 is 11.8 Å². The number of carboxylic acids is 1. The molecule has 1 aromatic heterocycles. The largest absolute Gasteiger partial charge is 0.480 e. The van der Waals surface area contributed by atoms with Gasteiger partial charge in [-0.3, -0.25) is 19.7 Å². The maximum absolute atomic E-state index is 13.5. The number of aromatic nitrogens is 1. The van der Waals surface area contributed by atoms with E-state index in [-0.39, 0.29) is 29.3 Å². The number of thioether (sulfide) groups is 1. The average molecular weight is 424 g/mol. The molecule has 6 atom stereocenters. The van der Waals surface area contributed by atoms with Gasteiger partial charge in [0.25, 0.3) is 0 Å². The summed E-state index contributed by atoms with van der Waals surface area (Å²) in [5.41, 5.74) is 10.3. The van der Waals surface area contributed by atoms with Crippen molar-refractivity contribution in [2.75, 3.05) is 6.54 Å². The van der Waals surface area contributed by atoms with Crippen LogP contribution in [-0.2, 0) is 16.0 Å². The molecule has 4 aliphatic heterocycles. The Kier molecular flexibility index (Phi) is 3.05. The van der Waals surface area contributed by atoms with Crippen LogP contribution in [0, 0.1) is 11.3 Å². The average Bonchev–Trinajstić information content (AvgIpc) is 3.25. The molecule has 7 rings (SSSR count). The van der Waals surface area contributed by atoms with E-state index >= 15 is 0 Å². The van der Waals surface area contributed by atoms with E-state index in [1.807, 2.05) is 6.20 Å². The molecule has 5 heterocycles. The van der Waals surface area contributed by atoms with Gasteiger partial charge in [0.15, 0.2) is 5.78 Å². The first-order valence-corrected chi connectivity index (χ1v) is 11.2. The van der Waals surface area contributed by atoms with Crippen molar-refractivity contribution in [2.24, 2.45) is 17.1 Å². The highest BCUT2D eigenvalue weighted by Gasteiger charge is 2.68. The highest BCUT2D eigenvalue weighted by Crippen LogP contribution is 2.70. The fourth-order valence-electron chi connectivity index (χ4n) is 6.90. The SMILES string of the molecule is N[C@@H](C[C@H]1[C@H]2C(=O)C=C3S[C@H]4C[C@]31C1=C3c5c(c[nH]c5C(=O)[C@H]1N4)CCN32)C(=O)O. The molecule has 1 aromatic rings. The first-order valence-electron chi connectivity index (χ1n) is 10.3. The number of piperidine rings is 1. The summed E-state index contributed by atoms with van der Waals surface area (Å²) in [4.78, 5) is 44.8. The molecular formula is C21H20N4O4S. The number of nitrogens with two attached hydrogens (primary N) is 1. The summed E-state index contributed by atoms with van der Waals surface area (Å²) in [6.45, 7) is 0.676. The van der Waals surface area contributed by atoms with Crippen molar-refractivity contribution >= 4 is 35.0 Å². The molecular weight excluding hydrogens is 404 g/mol. The van der Waals surface area contributed by atoms with Crippen LogP contribution in [0.3, 0.4) is 0 Å². The standard InChI is InChI=1S/C21H20N4O4S/c22-9(20(28)29)3-8-17-10(26)4-11-21(8)5-12(30-11)24-16-14(21)18-13-7(1-2-25(17)18)6-23-15(13)19(16)27/h4,6,8-9,12,16-17,23-24H,1-3,5,22H2,(H,28,29)/t8-,9-,12-,16-,17-,21+/m0/s1. The Morgan fingerprint density at radius 1 is 1.43 bits per heavy atom. The van der Waals surface area contributed by atoms with Gasteiger partial charge in [-0.2, -0.15) is 0 Å². The Morgan fingerprint density at radius 3 is 3.07 bits per heavy atom. The van der Waals surface area contributed by atoms with Crippen molar-refractivity contribution < 1.29 is 19.5 Å². The lowest BCUT2D eigenvalue weighted by atomic mass is 9.52. The van der Waals surface area contributed by atoms with Gasteiger partial charge in [0, 0.05) is 40.2 Å². The number of allylic oxidation sites excluding steroid dienone is 1. The minimum atomic E-state index is -1.05. The van der Waals surface area contributed by atoms with E-state index in [1.165, 1.54) is 0 Å². The lowest BCUT2D eigenvalue weighted by Crippen LogP contribution is -2.66. The number of aromatic amines is 1. The summed E-state index contributed by atoms with van der Waals surface area (Å²) in [6.07, 6.45) is 5.42. The zero-order chi connectivity index (χ0) is 20.5. The second kappa shape index (κ2) is 5.27. The van der Waals surface area contributed by atoms with Gasteiger partial charge in [0.05, 0.1) is 23.2 Å². The van der Waals surface area contributed by atoms with Crippen molar-refractivity contribution in [3.05, 3.63) is 39.6 Å². The number of hydrogen-bond acceptors (Lipinski definition) is 7. The number of nitrogens with zero attached hydrogens (tertiary/aromatic N) is 1. The first-order chi connectivity index (χ1) is 14.4. The zero-order valence-corrected chi connectivity index (χ0v) is 16.8. The number of fused-ring (bicyclic) bond motifs is 3. The van der Waals surface area contributed by atoms with Crippen LogP contribution in [0.25, 0.3) is 5.70 Å². The molecule has 1 spiro atoms. The van der Waals surface area contributed by atoms with Crippen LogP contribution in [0.2, 0.25) is 0 Å². The minimum Gasteiger partial charge on any atom is -0.480 e. The molecule has 154 valence electrons. The van der Waals surface area contributed by atoms with Gasteiger partial charge >= 0.3 is 5.97 Å². The minimum absolute atomic E-state index is 0.0239. The quantitative estimate of drug-likeness (QED) is 0.551. The van der Waals surface area contributed by atoms with E-state index < -0.39 is 29.5 Å². The lowest BCUT2D eigenvalue weighted by Gasteiger charge is -2.60. The van der Waals surface area contributed by atoms with E-state index in [1.54, 1.807) is 17.8 Å². The third kappa shape index (κ3) is 1.74. The third-order valence-electron chi connectivity index (χ3n) is 7.95. The fraction of sp³-hybridized carbons (Fsp3) is 0.476. The van der Waals surface area contributed by atoms with Gasteiger partial charge in [0.1, 0.15) is 6.04 Å². The Hall–Kier alpha value is -2.36. The van der Waals surface area contributed by atoms with Gasteiger partial charge in [-0.1, -0.05) is 0 Å². The predicted molar refractivity (Wildman–Crippen MR) is 108 cm³/mol. The summed E-state index contributed by atoms with van der Waals surface area (Å²) >= 11 is 1.62. The summed E-state index contributed by atoms with van der Waals surface area (Å²) in [6, 6.07) is -1.92. The second-order valence-electron chi connectivity index (χ2n) is 9.16.